The number of aromatic amines is 3. The molecule has 0 radical (unpaired) electrons. The maximum atomic E-state index is 12.5. The maximum Gasteiger partial charge on any atom is 0.330 e. The number of nitrogens with zero attached hydrogens (tertiary/aromatic N) is 3. The van der Waals surface area contributed by atoms with E-state index in [1.165, 1.54) is 4.57 Å². The number of rotatable bonds is 5. The predicted octanol–water partition coefficient (Wildman–Crippen LogP) is 1.80. The van der Waals surface area contributed by atoms with Crippen LogP contribution in [-0.4, -0.2) is 29.7 Å². The summed E-state index contributed by atoms with van der Waals surface area (Å²) in [7, 11) is 0. The Bertz CT molecular complexity index is 1170. The summed E-state index contributed by atoms with van der Waals surface area (Å²) in [5.74, 6) is 0.502. The normalized spacial score (nSPS) is 11.3. The first-order chi connectivity index (χ1) is 12.7. The Morgan fingerprint density at radius 1 is 1.12 bits per heavy atom. The molecule has 132 valence electrons. The third-order valence-electron chi connectivity index (χ3n) is 4.28. The first-order valence-electron chi connectivity index (χ1n) is 8.46. The van der Waals surface area contributed by atoms with Crippen molar-refractivity contribution in [3.8, 4) is 11.4 Å². The minimum Gasteiger partial charge on any atom is -0.332 e. The summed E-state index contributed by atoms with van der Waals surface area (Å²) in [4.78, 5) is 34.7. The van der Waals surface area contributed by atoms with Gasteiger partial charge in [0.05, 0.1) is 17.5 Å². The summed E-state index contributed by atoms with van der Waals surface area (Å²) < 4.78 is 1.19. The summed E-state index contributed by atoms with van der Waals surface area (Å²) in [6.45, 7) is 2.28. The standard InChI is InChI=1S/C18H18N6O2/c1-2-8-24-17(25)14-16(22-18(24)26)21-15(20-14)12-10-19-23-13(12)9-11-6-4-3-5-7-11/h3-7,10H,2,8-9H2,1H3,(H,19,23)(H,20,21)(H,22,26). The van der Waals surface area contributed by atoms with Crippen LogP contribution in [0.3, 0.4) is 0 Å². The van der Waals surface area contributed by atoms with Crippen molar-refractivity contribution in [3.05, 3.63) is 68.6 Å². The van der Waals surface area contributed by atoms with Crippen molar-refractivity contribution in [2.45, 2.75) is 26.3 Å². The maximum absolute atomic E-state index is 12.5. The van der Waals surface area contributed by atoms with Gasteiger partial charge in [0.1, 0.15) is 11.3 Å². The Morgan fingerprint density at radius 3 is 2.69 bits per heavy atom. The molecule has 0 saturated carbocycles. The highest BCUT2D eigenvalue weighted by molar-refractivity contribution is 5.75. The lowest BCUT2D eigenvalue weighted by atomic mass is 10.1. The van der Waals surface area contributed by atoms with Crippen LogP contribution in [0.25, 0.3) is 22.6 Å². The summed E-state index contributed by atoms with van der Waals surface area (Å²) in [6.07, 6.45) is 3.01. The topological polar surface area (TPSA) is 112 Å². The van der Waals surface area contributed by atoms with E-state index >= 15 is 0 Å². The average Bonchev–Trinajstić information content (AvgIpc) is 3.26. The van der Waals surface area contributed by atoms with Gasteiger partial charge in [-0.05, 0) is 12.0 Å². The first-order valence-corrected chi connectivity index (χ1v) is 8.46. The van der Waals surface area contributed by atoms with Crippen LogP contribution in [0.15, 0.2) is 46.1 Å². The van der Waals surface area contributed by atoms with Crippen LogP contribution in [0.2, 0.25) is 0 Å². The smallest absolute Gasteiger partial charge is 0.330 e. The van der Waals surface area contributed by atoms with Gasteiger partial charge in [-0.25, -0.2) is 9.78 Å². The van der Waals surface area contributed by atoms with Gasteiger partial charge < -0.3 is 4.98 Å². The Morgan fingerprint density at radius 2 is 1.92 bits per heavy atom. The summed E-state index contributed by atoms with van der Waals surface area (Å²) in [5, 5.41) is 7.10. The average molecular weight is 350 g/mol. The fourth-order valence-corrected chi connectivity index (χ4v) is 3.02. The van der Waals surface area contributed by atoms with E-state index in [2.05, 4.69) is 25.1 Å². The molecule has 8 nitrogen and oxygen atoms in total. The minimum atomic E-state index is -0.445. The number of imidazole rings is 1. The molecule has 4 aromatic rings. The zero-order valence-corrected chi connectivity index (χ0v) is 14.2. The number of fused-ring (bicyclic) bond motifs is 1. The Kier molecular flexibility index (Phi) is 4.00. The second-order valence-electron chi connectivity index (χ2n) is 6.12. The molecular weight excluding hydrogens is 332 g/mol. The fraction of sp³-hybridized carbons (Fsp3) is 0.222. The van der Waals surface area contributed by atoms with Crippen molar-refractivity contribution >= 4 is 11.2 Å². The Balaban J connectivity index is 1.79. The zero-order valence-electron chi connectivity index (χ0n) is 14.2. The van der Waals surface area contributed by atoms with E-state index < -0.39 is 5.69 Å². The molecule has 0 unspecified atom stereocenters. The van der Waals surface area contributed by atoms with Crippen molar-refractivity contribution < 1.29 is 0 Å². The van der Waals surface area contributed by atoms with Crippen molar-refractivity contribution in [2.75, 3.05) is 0 Å². The molecule has 4 rings (SSSR count). The number of hydrogen-bond donors (Lipinski definition) is 3. The minimum absolute atomic E-state index is 0.259. The molecule has 1 aromatic carbocycles. The highest BCUT2D eigenvalue weighted by Crippen LogP contribution is 2.22. The Hall–Kier alpha value is -3.42. The molecule has 0 spiro atoms. The van der Waals surface area contributed by atoms with Gasteiger partial charge in [0.25, 0.3) is 5.56 Å². The molecular formula is C18H18N6O2. The van der Waals surface area contributed by atoms with Crippen LogP contribution >= 0.6 is 0 Å². The second-order valence-corrected chi connectivity index (χ2v) is 6.12. The third-order valence-corrected chi connectivity index (χ3v) is 4.28. The van der Waals surface area contributed by atoms with Gasteiger partial charge in [-0.2, -0.15) is 5.10 Å². The number of nitrogens with one attached hydrogen (secondary N) is 3. The quantitative estimate of drug-likeness (QED) is 0.509. The Labute approximate surface area is 147 Å². The molecule has 0 bridgehead atoms. The monoisotopic (exact) mass is 350 g/mol. The van der Waals surface area contributed by atoms with Gasteiger partial charge in [0.2, 0.25) is 0 Å². The van der Waals surface area contributed by atoms with Crippen molar-refractivity contribution in [3.63, 3.8) is 0 Å². The van der Waals surface area contributed by atoms with Crippen LogP contribution in [-0.2, 0) is 13.0 Å². The molecule has 3 aromatic heterocycles. The summed E-state index contributed by atoms with van der Waals surface area (Å²) >= 11 is 0. The SMILES string of the molecule is CCCn1c(=O)[nH]c2nc(-c3cn[nH]c3Cc3ccccc3)[nH]c2c1=O. The first kappa shape index (κ1) is 16.1. The van der Waals surface area contributed by atoms with E-state index in [-0.39, 0.29) is 11.2 Å². The zero-order chi connectivity index (χ0) is 18.1. The van der Waals surface area contributed by atoms with E-state index in [0.29, 0.717) is 30.7 Å². The van der Waals surface area contributed by atoms with Crippen LogP contribution < -0.4 is 11.2 Å². The van der Waals surface area contributed by atoms with Crippen molar-refractivity contribution in [1.29, 1.82) is 0 Å². The molecule has 26 heavy (non-hydrogen) atoms. The molecule has 0 amide bonds. The van der Waals surface area contributed by atoms with Crippen molar-refractivity contribution in [2.24, 2.45) is 0 Å². The molecule has 0 aliphatic carbocycles. The largest absolute Gasteiger partial charge is 0.332 e. The van der Waals surface area contributed by atoms with E-state index in [4.69, 9.17) is 0 Å². The van der Waals surface area contributed by atoms with Gasteiger partial charge in [0, 0.05) is 13.0 Å². The van der Waals surface area contributed by atoms with Gasteiger partial charge in [0.15, 0.2) is 5.65 Å². The number of hydrogen-bond acceptors (Lipinski definition) is 4. The lowest BCUT2D eigenvalue weighted by Gasteiger charge is -2.01. The van der Waals surface area contributed by atoms with Crippen LogP contribution in [0, 0.1) is 0 Å². The fourth-order valence-electron chi connectivity index (χ4n) is 3.02. The van der Waals surface area contributed by atoms with Crippen LogP contribution in [0.1, 0.15) is 24.6 Å². The lowest BCUT2D eigenvalue weighted by Crippen LogP contribution is -2.34. The molecule has 0 atom stereocenters. The third kappa shape index (κ3) is 2.75. The van der Waals surface area contributed by atoms with E-state index in [0.717, 1.165) is 16.8 Å². The molecule has 0 fully saturated rings. The highest BCUT2D eigenvalue weighted by Gasteiger charge is 2.16. The van der Waals surface area contributed by atoms with Crippen molar-refractivity contribution in [1.82, 2.24) is 29.7 Å². The van der Waals surface area contributed by atoms with Gasteiger partial charge in [-0.1, -0.05) is 37.3 Å². The number of H-pyrrole nitrogens is 3. The number of benzene rings is 1. The molecule has 3 heterocycles. The summed E-state index contributed by atoms with van der Waals surface area (Å²) in [6, 6.07) is 9.99. The van der Waals surface area contributed by atoms with Gasteiger partial charge in [-0.15, -0.1) is 0 Å². The second kappa shape index (κ2) is 6.47. The molecule has 3 N–H and O–H groups in total. The van der Waals surface area contributed by atoms with E-state index in [1.54, 1.807) is 6.20 Å². The molecule has 8 heteroatoms. The highest BCUT2D eigenvalue weighted by atomic mass is 16.2. The summed E-state index contributed by atoms with van der Waals surface area (Å²) in [5.41, 5.74) is 2.53. The molecule has 0 saturated heterocycles. The van der Waals surface area contributed by atoms with Crippen LogP contribution in [0.5, 0.6) is 0 Å². The van der Waals surface area contributed by atoms with Gasteiger partial charge in [-0.3, -0.25) is 19.4 Å². The molecule has 0 aliphatic rings. The lowest BCUT2D eigenvalue weighted by molar-refractivity contribution is 0.622. The van der Waals surface area contributed by atoms with E-state index in [1.807, 2.05) is 37.3 Å². The molecule has 0 aliphatic heterocycles. The number of aromatic nitrogens is 6. The van der Waals surface area contributed by atoms with Gasteiger partial charge >= 0.3 is 5.69 Å². The van der Waals surface area contributed by atoms with E-state index in [9.17, 15) is 9.59 Å². The predicted molar refractivity (Wildman–Crippen MR) is 98.1 cm³/mol. The van der Waals surface area contributed by atoms with Crippen LogP contribution in [0.4, 0.5) is 0 Å².